The summed E-state index contributed by atoms with van der Waals surface area (Å²) in [7, 11) is 4.05. The first-order valence-electron chi connectivity index (χ1n) is 7.68. The first kappa shape index (κ1) is 17.0. The van der Waals surface area contributed by atoms with Gasteiger partial charge in [0.1, 0.15) is 0 Å². The van der Waals surface area contributed by atoms with Gasteiger partial charge in [-0.05, 0) is 46.3 Å². The quantitative estimate of drug-likeness (QED) is 0.705. The average molecular weight is 283 g/mol. The molecule has 0 N–H and O–H groups in total. The Kier molecular flexibility index (Phi) is 7.59. The molecule has 5 heteroatoms. The van der Waals surface area contributed by atoms with Gasteiger partial charge in [-0.1, -0.05) is 0 Å². The molecule has 1 rings (SSSR count). The van der Waals surface area contributed by atoms with Crippen LogP contribution >= 0.6 is 0 Å². The van der Waals surface area contributed by atoms with E-state index in [1.807, 2.05) is 19.0 Å². The maximum Gasteiger partial charge on any atom is 0.224 e. The van der Waals surface area contributed by atoms with Crippen LogP contribution < -0.4 is 0 Å². The van der Waals surface area contributed by atoms with Gasteiger partial charge in [0.25, 0.3) is 0 Å². The molecule has 0 spiro atoms. The minimum atomic E-state index is 0.0650. The number of carbonyl (C=O) groups excluding carboxylic acids is 2. The third-order valence-corrected chi connectivity index (χ3v) is 3.78. The van der Waals surface area contributed by atoms with Gasteiger partial charge in [0.2, 0.25) is 11.8 Å². The predicted octanol–water partition coefficient (Wildman–Crippen LogP) is 1.19. The summed E-state index contributed by atoms with van der Waals surface area (Å²) >= 11 is 0. The highest BCUT2D eigenvalue weighted by molar-refractivity contribution is 5.78. The third kappa shape index (κ3) is 6.37. The summed E-state index contributed by atoms with van der Waals surface area (Å²) in [5.41, 5.74) is 0. The van der Waals surface area contributed by atoms with Gasteiger partial charge in [-0.15, -0.1) is 0 Å². The molecule has 0 radical (unpaired) electrons. The maximum absolute atomic E-state index is 12.1. The van der Waals surface area contributed by atoms with Crippen molar-refractivity contribution in [2.75, 3.05) is 46.8 Å². The normalized spacial score (nSPS) is 15.5. The molecule has 0 aromatic heterocycles. The molecule has 0 atom stereocenters. The molecule has 5 nitrogen and oxygen atoms in total. The van der Waals surface area contributed by atoms with Gasteiger partial charge >= 0.3 is 0 Å². The molecule has 1 aliphatic heterocycles. The zero-order valence-corrected chi connectivity index (χ0v) is 13.2. The van der Waals surface area contributed by atoms with Crippen molar-refractivity contribution in [2.45, 2.75) is 39.0 Å². The molecule has 0 saturated carbocycles. The molecule has 0 aromatic carbocycles. The van der Waals surface area contributed by atoms with Crippen molar-refractivity contribution in [3.8, 4) is 0 Å². The first-order valence-corrected chi connectivity index (χ1v) is 7.68. The molecule has 0 aromatic rings. The third-order valence-electron chi connectivity index (χ3n) is 3.78. The molecule has 2 amide bonds. The second kappa shape index (κ2) is 8.95. The fourth-order valence-electron chi connectivity index (χ4n) is 2.54. The van der Waals surface area contributed by atoms with Gasteiger partial charge in [-0.25, -0.2) is 0 Å². The number of likely N-dealkylation sites (tertiary alicyclic amines) is 1. The summed E-state index contributed by atoms with van der Waals surface area (Å²) in [6, 6.07) is 0. The lowest BCUT2D eigenvalue weighted by atomic mass is 10.1. The lowest BCUT2D eigenvalue weighted by Crippen LogP contribution is -2.39. The Morgan fingerprint density at radius 3 is 2.20 bits per heavy atom. The number of carbonyl (C=O) groups is 2. The zero-order valence-electron chi connectivity index (χ0n) is 13.2. The van der Waals surface area contributed by atoms with Gasteiger partial charge in [0.15, 0.2) is 0 Å². The van der Waals surface area contributed by atoms with E-state index in [4.69, 9.17) is 0 Å². The maximum atomic E-state index is 12.1. The average Bonchev–Trinajstić information content (AvgIpc) is 2.42. The lowest BCUT2D eigenvalue weighted by molar-refractivity contribution is -0.134. The number of nitrogens with zero attached hydrogens (tertiary/aromatic N) is 3. The van der Waals surface area contributed by atoms with Crippen molar-refractivity contribution in [1.82, 2.24) is 14.7 Å². The van der Waals surface area contributed by atoms with Gasteiger partial charge in [-0.3, -0.25) is 9.59 Å². The van der Waals surface area contributed by atoms with Crippen LogP contribution in [0, 0.1) is 0 Å². The Hall–Kier alpha value is -1.10. The summed E-state index contributed by atoms with van der Waals surface area (Å²) in [6.45, 7) is 5.61. The fourth-order valence-corrected chi connectivity index (χ4v) is 2.54. The van der Waals surface area contributed by atoms with E-state index in [9.17, 15) is 9.59 Å². The van der Waals surface area contributed by atoms with Crippen LogP contribution in [0.4, 0.5) is 0 Å². The molecule has 0 aliphatic carbocycles. The van der Waals surface area contributed by atoms with Gasteiger partial charge < -0.3 is 14.7 Å². The van der Waals surface area contributed by atoms with Gasteiger partial charge in [0, 0.05) is 39.5 Å². The summed E-state index contributed by atoms with van der Waals surface area (Å²) in [5, 5.41) is 0. The molecule has 20 heavy (non-hydrogen) atoms. The van der Waals surface area contributed by atoms with Crippen LogP contribution in [0.15, 0.2) is 0 Å². The van der Waals surface area contributed by atoms with Crippen LogP contribution in [-0.2, 0) is 9.59 Å². The van der Waals surface area contributed by atoms with E-state index in [1.165, 1.54) is 6.42 Å². The standard InChI is InChI=1S/C15H29N3O2/c1-14(19)17(12-7-9-16(2)3)13-8-15(20)18-10-5-4-6-11-18/h4-13H2,1-3H3. The predicted molar refractivity (Wildman–Crippen MR) is 80.5 cm³/mol. The molecular formula is C15H29N3O2. The highest BCUT2D eigenvalue weighted by Crippen LogP contribution is 2.10. The largest absolute Gasteiger partial charge is 0.343 e. The summed E-state index contributed by atoms with van der Waals surface area (Å²) in [5.74, 6) is 0.263. The van der Waals surface area contributed by atoms with Crippen LogP contribution in [0.2, 0.25) is 0 Å². The molecule has 0 bridgehead atoms. The summed E-state index contributed by atoms with van der Waals surface area (Å²) < 4.78 is 0. The topological polar surface area (TPSA) is 43.9 Å². The van der Waals surface area contributed by atoms with Crippen molar-refractivity contribution >= 4 is 11.8 Å². The smallest absolute Gasteiger partial charge is 0.224 e. The van der Waals surface area contributed by atoms with E-state index in [0.717, 1.165) is 45.4 Å². The lowest BCUT2D eigenvalue weighted by Gasteiger charge is -2.28. The van der Waals surface area contributed by atoms with E-state index in [0.29, 0.717) is 13.0 Å². The van der Waals surface area contributed by atoms with E-state index < -0.39 is 0 Å². The first-order chi connectivity index (χ1) is 9.50. The van der Waals surface area contributed by atoms with Crippen molar-refractivity contribution in [3.05, 3.63) is 0 Å². The Balaban J connectivity index is 2.30. The number of hydrogen-bond donors (Lipinski definition) is 0. The Labute approximate surface area is 122 Å². The van der Waals surface area contributed by atoms with Gasteiger partial charge in [-0.2, -0.15) is 0 Å². The van der Waals surface area contributed by atoms with Crippen LogP contribution in [0.3, 0.4) is 0 Å². The molecule has 116 valence electrons. The van der Waals surface area contributed by atoms with Crippen LogP contribution in [0.25, 0.3) is 0 Å². The number of hydrogen-bond acceptors (Lipinski definition) is 3. The summed E-state index contributed by atoms with van der Waals surface area (Å²) in [6.07, 6.45) is 4.87. The zero-order chi connectivity index (χ0) is 15.0. The van der Waals surface area contributed by atoms with Gasteiger partial charge in [0.05, 0.1) is 0 Å². The van der Waals surface area contributed by atoms with Crippen LogP contribution in [-0.4, -0.2) is 73.3 Å². The van der Waals surface area contributed by atoms with Crippen molar-refractivity contribution in [3.63, 3.8) is 0 Å². The molecule has 1 fully saturated rings. The Bertz CT molecular complexity index is 312. The molecular weight excluding hydrogens is 254 g/mol. The molecule has 1 heterocycles. The molecule has 1 saturated heterocycles. The number of amides is 2. The second-order valence-electron chi connectivity index (χ2n) is 5.85. The van der Waals surface area contributed by atoms with Crippen molar-refractivity contribution < 1.29 is 9.59 Å². The SMILES string of the molecule is CC(=O)N(CCCN(C)C)CCC(=O)N1CCCCC1. The van der Waals surface area contributed by atoms with E-state index in [2.05, 4.69) is 4.90 Å². The number of piperidine rings is 1. The van der Waals surface area contributed by atoms with E-state index >= 15 is 0 Å². The Morgan fingerprint density at radius 1 is 1.00 bits per heavy atom. The Morgan fingerprint density at radius 2 is 1.65 bits per heavy atom. The molecule has 0 unspecified atom stereocenters. The minimum Gasteiger partial charge on any atom is -0.343 e. The van der Waals surface area contributed by atoms with E-state index in [1.54, 1.807) is 11.8 Å². The monoisotopic (exact) mass is 283 g/mol. The number of rotatable bonds is 7. The van der Waals surface area contributed by atoms with Crippen LogP contribution in [0.1, 0.15) is 39.0 Å². The molecule has 1 aliphatic rings. The minimum absolute atomic E-state index is 0.0650. The fraction of sp³-hybridized carbons (Fsp3) is 0.867. The highest BCUT2D eigenvalue weighted by Gasteiger charge is 2.18. The van der Waals surface area contributed by atoms with Crippen molar-refractivity contribution in [1.29, 1.82) is 0 Å². The van der Waals surface area contributed by atoms with E-state index in [-0.39, 0.29) is 11.8 Å². The van der Waals surface area contributed by atoms with Crippen molar-refractivity contribution in [2.24, 2.45) is 0 Å². The second-order valence-corrected chi connectivity index (χ2v) is 5.85. The van der Waals surface area contributed by atoms with Crippen LogP contribution in [0.5, 0.6) is 0 Å². The highest BCUT2D eigenvalue weighted by atomic mass is 16.2. The summed E-state index contributed by atoms with van der Waals surface area (Å²) in [4.78, 5) is 29.5.